The molecule has 1 unspecified atom stereocenters. The molecule has 2 aliphatic rings. The predicted octanol–water partition coefficient (Wildman–Crippen LogP) is 10.9. The lowest BCUT2D eigenvalue weighted by Crippen LogP contribution is -2.06. The highest BCUT2D eigenvalue weighted by Crippen LogP contribution is 2.41. The number of nitrogens with one attached hydrogen (secondary N) is 1. The van der Waals surface area contributed by atoms with Gasteiger partial charge < -0.3 is 9.55 Å². The third-order valence-corrected chi connectivity index (χ3v) is 9.28. The zero-order chi connectivity index (χ0) is 27.6. The second kappa shape index (κ2) is 9.22. The number of H-pyrrole nitrogens is 1. The Bertz CT molecular complexity index is 2330. The molecule has 1 atom stereocenters. The van der Waals surface area contributed by atoms with E-state index in [9.17, 15) is 0 Å². The van der Waals surface area contributed by atoms with Crippen molar-refractivity contribution in [1.82, 2.24) is 9.55 Å². The van der Waals surface area contributed by atoms with Crippen LogP contribution in [0.15, 0.2) is 139 Å². The summed E-state index contributed by atoms with van der Waals surface area (Å²) in [5.74, 6) is 0.470. The molecule has 0 aliphatic heterocycles. The first-order chi connectivity index (χ1) is 20.8. The van der Waals surface area contributed by atoms with Gasteiger partial charge in [-0.15, -0.1) is 0 Å². The molecule has 7 aromatic rings. The Hall–Kier alpha value is -5.08. The van der Waals surface area contributed by atoms with Gasteiger partial charge in [0.2, 0.25) is 0 Å². The van der Waals surface area contributed by atoms with Crippen molar-refractivity contribution >= 4 is 60.1 Å². The molecule has 2 aliphatic carbocycles. The molecule has 0 saturated carbocycles. The third-order valence-electron chi connectivity index (χ3n) is 9.28. The van der Waals surface area contributed by atoms with Crippen molar-refractivity contribution in [3.63, 3.8) is 0 Å². The van der Waals surface area contributed by atoms with E-state index in [0.717, 1.165) is 19.3 Å². The van der Waals surface area contributed by atoms with Crippen molar-refractivity contribution in [2.45, 2.75) is 19.3 Å². The molecule has 42 heavy (non-hydrogen) atoms. The summed E-state index contributed by atoms with van der Waals surface area (Å²) >= 11 is 0. The van der Waals surface area contributed by atoms with E-state index in [1.807, 2.05) is 0 Å². The Labute approximate surface area is 244 Å². The minimum Gasteiger partial charge on any atom is -0.354 e. The molecular weight excluding hydrogens is 508 g/mol. The molecule has 1 N–H and O–H groups in total. The lowest BCUT2D eigenvalue weighted by molar-refractivity contribution is 0.769. The summed E-state index contributed by atoms with van der Waals surface area (Å²) in [5.41, 5.74) is 10.1. The third kappa shape index (κ3) is 3.51. The largest absolute Gasteiger partial charge is 0.354 e. The topological polar surface area (TPSA) is 20.7 Å². The Morgan fingerprint density at radius 1 is 0.619 bits per heavy atom. The van der Waals surface area contributed by atoms with E-state index in [2.05, 4.69) is 143 Å². The molecule has 0 bridgehead atoms. The fourth-order valence-corrected chi connectivity index (χ4v) is 7.31. The van der Waals surface area contributed by atoms with Gasteiger partial charge in [0, 0.05) is 44.2 Å². The molecule has 2 heteroatoms. The first-order valence-corrected chi connectivity index (χ1v) is 15.0. The van der Waals surface area contributed by atoms with E-state index in [4.69, 9.17) is 0 Å². The second-order valence-corrected chi connectivity index (χ2v) is 11.7. The highest BCUT2D eigenvalue weighted by atomic mass is 15.0. The van der Waals surface area contributed by atoms with Gasteiger partial charge in [0.25, 0.3) is 0 Å². The molecule has 200 valence electrons. The van der Waals surface area contributed by atoms with E-state index in [1.54, 1.807) is 0 Å². The van der Waals surface area contributed by atoms with Gasteiger partial charge in [-0.25, -0.2) is 0 Å². The number of benzene rings is 5. The fourth-order valence-electron chi connectivity index (χ4n) is 7.31. The number of nitrogens with zero attached hydrogens (tertiary/aromatic N) is 1. The van der Waals surface area contributed by atoms with Crippen LogP contribution in [0.3, 0.4) is 0 Å². The lowest BCUT2D eigenvalue weighted by atomic mass is 9.88. The van der Waals surface area contributed by atoms with Crippen molar-refractivity contribution in [1.29, 1.82) is 0 Å². The van der Waals surface area contributed by atoms with Crippen molar-refractivity contribution in [2.75, 3.05) is 0 Å². The van der Waals surface area contributed by atoms with Gasteiger partial charge in [0.1, 0.15) is 0 Å². The summed E-state index contributed by atoms with van der Waals surface area (Å²) in [6.07, 6.45) is 17.5. The van der Waals surface area contributed by atoms with Crippen molar-refractivity contribution in [3.8, 4) is 11.1 Å². The molecule has 2 nitrogen and oxygen atoms in total. The second-order valence-electron chi connectivity index (χ2n) is 11.7. The van der Waals surface area contributed by atoms with Crippen LogP contribution >= 0.6 is 0 Å². The van der Waals surface area contributed by atoms with Crippen molar-refractivity contribution in [3.05, 3.63) is 139 Å². The predicted molar refractivity (Wildman–Crippen MR) is 180 cm³/mol. The Morgan fingerprint density at radius 2 is 1.40 bits per heavy atom. The quantitative estimate of drug-likeness (QED) is 0.231. The van der Waals surface area contributed by atoms with Crippen LogP contribution in [0.25, 0.3) is 71.2 Å². The standard InChI is InChI=1S/C40H30N2/c1-2-10-26(11-3-1)27-18-21-29(22-19-27)42-38-17-9-7-13-31(38)35-24-28(20-23-39(35)42)34-25-37-40(32-14-5-4-12-30(32)34)33-15-6-8-16-36(33)41-37/h2,4-18,20-25,27,41H,1,3,19H2. The van der Waals surface area contributed by atoms with Crippen molar-refractivity contribution < 1.29 is 0 Å². The molecule has 0 amide bonds. The van der Waals surface area contributed by atoms with Crippen LogP contribution in [0.2, 0.25) is 0 Å². The molecule has 2 aromatic heterocycles. The van der Waals surface area contributed by atoms with E-state index >= 15 is 0 Å². The summed E-state index contributed by atoms with van der Waals surface area (Å²) in [7, 11) is 0. The number of hydrogen-bond donors (Lipinski definition) is 1. The maximum Gasteiger partial charge on any atom is 0.0541 e. The maximum atomic E-state index is 3.69. The molecule has 5 aromatic carbocycles. The van der Waals surface area contributed by atoms with Gasteiger partial charge in [-0.1, -0.05) is 97.1 Å². The first-order valence-electron chi connectivity index (χ1n) is 15.0. The van der Waals surface area contributed by atoms with Crippen LogP contribution in [0, 0.1) is 5.92 Å². The average Bonchev–Trinajstić information content (AvgIpc) is 3.60. The molecule has 9 rings (SSSR count). The van der Waals surface area contributed by atoms with Gasteiger partial charge in [0.05, 0.1) is 11.0 Å². The molecule has 0 fully saturated rings. The van der Waals surface area contributed by atoms with Crippen LogP contribution in [-0.4, -0.2) is 9.55 Å². The highest BCUT2D eigenvalue weighted by molar-refractivity contribution is 6.23. The van der Waals surface area contributed by atoms with Gasteiger partial charge >= 0.3 is 0 Å². The molecule has 0 saturated heterocycles. The Kier molecular flexibility index (Phi) is 5.18. The molecule has 0 radical (unpaired) electrons. The van der Waals surface area contributed by atoms with Crippen LogP contribution in [0.4, 0.5) is 0 Å². The first kappa shape index (κ1) is 23.6. The number of allylic oxidation sites excluding steroid dienone is 8. The van der Waals surface area contributed by atoms with E-state index in [-0.39, 0.29) is 0 Å². The minimum absolute atomic E-state index is 0.470. The monoisotopic (exact) mass is 538 g/mol. The SMILES string of the molecule is C1=CC(C2C=CC(n3c4ccccc4c4cc(-c5cc6[nH]c7ccccc7c6c6ccccc56)ccc43)=CC2)=CCC1. The van der Waals surface area contributed by atoms with Gasteiger partial charge in [-0.05, 0) is 83.1 Å². The number of hydrogen-bond acceptors (Lipinski definition) is 0. The van der Waals surface area contributed by atoms with E-state index in [1.165, 1.54) is 76.8 Å². The van der Waals surface area contributed by atoms with Crippen molar-refractivity contribution in [2.24, 2.45) is 5.92 Å². The number of aromatic nitrogens is 2. The molecule has 0 spiro atoms. The molecule has 2 heterocycles. The summed E-state index contributed by atoms with van der Waals surface area (Å²) in [4.78, 5) is 3.69. The van der Waals surface area contributed by atoms with Crippen LogP contribution < -0.4 is 0 Å². The number of para-hydroxylation sites is 2. The summed E-state index contributed by atoms with van der Waals surface area (Å²) in [6, 6.07) is 35.7. The summed E-state index contributed by atoms with van der Waals surface area (Å²) < 4.78 is 2.45. The zero-order valence-electron chi connectivity index (χ0n) is 23.3. The minimum atomic E-state index is 0.470. The van der Waals surface area contributed by atoms with Crippen LogP contribution in [0.1, 0.15) is 19.3 Å². The summed E-state index contributed by atoms with van der Waals surface area (Å²) in [5, 5.41) is 7.74. The number of rotatable bonds is 3. The zero-order valence-corrected chi connectivity index (χ0v) is 23.3. The smallest absolute Gasteiger partial charge is 0.0541 e. The average molecular weight is 539 g/mol. The fraction of sp³-hybridized carbons (Fsp3) is 0.100. The van der Waals surface area contributed by atoms with Gasteiger partial charge in [0.15, 0.2) is 0 Å². The summed E-state index contributed by atoms with van der Waals surface area (Å²) in [6.45, 7) is 0. The van der Waals surface area contributed by atoms with Crippen LogP contribution in [-0.2, 0) is 0 Å². The van der Waals surface area contributed by atoms with E-state index < -0.39 is 0 Å². The Balaban J connectivity index is 1.22. The lowest BCUT2D eigenvalue weighted by Gasteiger charge is -2.20. The molecular formula is C40H30N2. The number of aromatic amines is 1. The maximum absolute atomic E-state index is 3.69. The van der Waals surface area contributed by atoms with Crippen LogP contribution in [0.5, 0.6) is 0 Å². The number of fused-ring (bicyclic) bond motifs is 8. The normalized spacial score (nSPS) is 17.1. The van der Waals surface area contributed by atoms with Gasteiger partial charge in [-0.3, -0.25) is 0 Å². The Morgan fingerprint density at radius 3 is 2.24 bits per heavy atom. The highest BCUT2D eigenvalue weighted by Gasteiger charge is 2.19. The van der Waals surface area contributed by atoms with Gasteiger partial charge in [-0.2, -0.15) is 0 Å². The van der Waals surface area contributed by atoms with E-state index in [0.29, 0.717) is 5.92 Å².